The maximum atomic E-state index is 12.5. The van der Waals surface area contributed by atoms with Crippen LogP contribution in [0.3, 0.4) is 0 Å². The Morgan fingerprint density at radius 1 is 1.53 bits per heavy atom. The van der Waals surface area contributed by atoms with Crippen molar-refractivity contribution in [2.24, 2.45) is 0 Å². The van der Waals surface area contributed by atoms with Crippen LogP contribution in [-0.4, -0.2) is 53.9 Å². The molecule has 1 aromatic rings. The molecule has 1 rings (SSSR count). The smallest absolute Gasteiger partial charge is 0.256 e. The Balaban J connectivity index is 2.98. The van der Waals surface area contributed by atoms with E-state index < -0.39 is 0 Å². The van der Waals surface area contributed by atoms with Gasteiger partial charge in [-0.05, 0) is 34.0 Å². The number of halogens is 1. The molecule has 0 aromatic carbocycles. The first kappa shape index (κ1) is 15.7. The fourth-order valence-corrected chi connectivity index (χ4v) is 2.22. The molecule has 106 valence electrons. The van der Waals surface area contributed by atoms with E-state index in [2.05, 4.69) is 4.98 Å². The molecular weight excluding hydrogens is 264 g/mol. The van der Waals surface area contributed by atoms with Crippen molar-refractivity contribution in [2.45, 2.75) is 19.9 Å². The van der Waals surface area contributed by atoms with Gasteiger partial charge >= 0.3 is 0 Å². The van der Waals surface area contributed by atoms with Crippen molar-refractivity contribution in [1.29, 1.82) is 0 Å². The number of nitrogens with two attached hydrogens (primary N) is 1. The van der Waals surface area contributed by atoms with Crippen molar-refractivity contribution < 1.29 is 4.79 Å². The zero-order chi connectivity index (χ0) is 14.6. The molecule has 1 amide bonds. The van der Waals surface area contributed by atoms with Gasteiger partial charge in [0.1, 0.15) is 5.15 Å². The Labute approximate surface area is 119 Å². The maximum absolute atomic E-state index is 12.5. The predicted octanol–water partition coefficient (Wildman–Crippen LogP) is 1.73. The van der Waals surface area contributed by atoms with E-state index >= 15 is 0 Å². The van der Waals surface area contributed by atoms with Crippen molar-refractivity contribution in [3.8, 4) is 0 Å². The molecule has 5 nitrogen and oxygen atoms in total. The Hall–Kier alpha value is -1.33. The van der Waals surface area contributed by atoms with Crippen molar-refractivity contribution in [3.63, 3.8) is 0 Å². The second-order valence-electron chi connectivity index (χ2n) is 4.80. The molecule has 1 aromatic heterocycles. The van der Waals surface area contributed by atoms with Crippen molar-refractivity contribution in [1.82, 2.24) is 14.8 Å². The first-order valence-electron chi connectivity index (χ1n) is 6.23. The van der Waals surface area contributed by atoms with Gasteiger partial charge in [0.25, 0.3) is 5.91 Å². The minimum Gasteiger partial charge on any atom is -0.397 e. The Kier molecular flexibility index (Phi) is 5.57. The lowest BCUT2D eigenvalue weighted by molar-refractivity contribution is 0.0680. The number of pyridine rings is 1. The average molecular weight is 285 g/mol. The molecule has 0 aliphatic rings. The zero-order valence-electron chi connectivity index (χ0n) is 11.9. The number of carbonyl (C=O) groups excluding carboxylic acids is 1. The highest BCUT2D eigenvalue weighted by atomic mass is 35.5. The fourth-order valence-electron chi connectivity index (χ4n) is 2.06. The summed E-state index contributed by atoms with van der Waals surface area (Å²) in [6.45, 7) is 5.37. The first-order chi connectivity index (χ1) is 8.86. The van der Waals surface area contributed by atoms with Gasteiger partial charge in [0.15, 0.2) is 0 Å². The van der Waals surface area contributed by atoms with Crippen LogP contribution < -0.4 is 5.73 Å². The third-order valence-corrected chi connectivity index (χ3v) is 3.10. The van der Waals surface area contributed by atoms with Crippen LogP contribution in [0.2, 0.25) is 5.15 Å². The number of aromatic nitrogens is 1. The standard InChI is InChI=1S/C13H21ClN4O/c1-5-18(9(2)8-17(3)4)13(19)10-6-12(14)16-7-11(10)15/h6-7,9H,5,8,15H2,1-4H3. The van der Waals surface area contributed by atoms with E-state index in [9.17, 15) is 4.79 Å². The first-order valence-corrected chi connectivity index (χ1v) is 6.61. The molecule has 2 N–H and O–H groups in total. The minimum atomic E-state index is -0.112. The van der Waals surface area contributed by atoms with Gasteiger partial charge in [-0.25, -0.2) is 4.98 Å². The summed E-state index contributed by atoms with van der Waals surface area (Å²) in [5.41, 5.74) is 6.57. The van der Waals surface area contributed by atoms with Gasteiger partial charge < -0.3 is 15.5 Å². The number of carbonyl (C=O) groups is 1. The van der Waals surface area contributed by atoms with Gasteiger partial charge in [-0.15, -0.1) is 0 Å². The molecular formula is C13H21ClN4O. The number of rotatable bonds is 5. The van der Waals surface area contributed by atoms with Gasteiger partial charge in [0, 0.05) is 19.1 Å². The molecule has 19 heavy (non-hydrogen) atoms. The van der Waals surface area contributed by atoms with Crippen molar-refractivity contribution >= 4 is 23.2 Å². The SMILES string of the molecule is CCN(C(=O)c1cc(Cl)ncc1N)C(C)CN(C)C. The lowest BCUT2D eigenvalue weighted by Crippen LogP contribution is -2.43. The van der Waals surface area contributed by atoms with Crippen LogP contribution in [0, 0.1) is 0 Å². The highest BCUT2D eigenvalue weighted by Gasteiger charge is 2.22. The molecule has 0 spiro atoms. The molecule has 0 aliphatic heterocycles. The number of hydrogen-bond donors (Lipinski definition) is 1. The largest absolute Gasteiger partial charge is 0.397 e. The molecule has 0 radical (unpaired) electrons. The molecule has 0 fully saturated rings. The van der Waals surface area contributed by atoms with E-state index in [-0.39, 0.29) is 17.1 Å². The summed E-state index contributed by atoms with van der Waals surface area (Å²) < 4.78 is 0. The monoisotopic (exact) mass is 284 g/mol. The van der Waals surface area contributed by atoms with Crippen LogP contribution in [0.25, 0.3) is 0 Å². The number of amides is 1. The molecule has 6 heteroatoms. The number of nitrogens with zero attached hydrogens (tertiary/aromatic N) is 3. The summed E-state index contributed by atoms with van der Waals surface area (Å²) in [4.78, 5) is 20.2. The summed E-state index contributed by atoms with van der Waals surface area (Å²) in [6.07, 6.45) is 1.42. The van der Waals surface area contributed by atoms with Crippen LogP contribution in [-0.2, 0) is 0 Å². The third kappa shape index (κ3) is 4.08. The molecule has 0 saturated heterocycles. The Morgan fingerprint density at radius 2 is 2.16 bits per heavy atom. The van der Waals surface area contributed by atoms with Crippen molar-refractivity contribution in [2.75, 3.05) is 32.9 Å². The Morgan fingerprint density at radius 3 is 2.68 bits per heavy atom. The lowest BCUT2D eigenvalue weighted by Gasteiger charge is -2.30. The third-order valence-electron chi connectivity index (χ3n) is 2.89. The van der Waals surface area contributed by atoms with Crippen LogP contribution in [0.1, 0.15) is 24.2 Å². The zero-order valence-corrected chi connectivity index (χ0v) is 12.6. The summed E-state index contributed by atoms with van der Waals surface area (Å²) in [7, 11) is 3.96. The van der Waals surface area contributed by atoms with Gasteiger partial charge in [0.2, 0.25) is 0 Å². The number of hydrogen-bond acceptors (Lipinski definition) is 4. The number of nitrogen functional groups attached to an aromatic ring is 1. The summed E-state index contributed by atoms with van der Waals surface area (Å²) in [5.74, 6) is -0.112. The normalized spacial score (nSPS) is 12.5. The maximum Gasteiger partial charge on any atom is 0.256 e. The van der Waals surface area contributed by atoms with Crippen LogP contribution >= 0.6 is 11.6 Å². The Bertz CT molecular complexity index is 450. The van der Waals surface area contributed by atoms with E-state index in [1.165, 1.54) is 12.3 Å². The number of likely N-dealkylation sites (N-methyl/N-ethyl adjacent to an activating group) is 2. The van der Waals surface area contributed by atoms with E-state index in [0.29, 0.717) is 17.8 Å². The van der Waals surface area contributed by atoms with Gasteiger partial charge in [-0.1, -0.05) is 11.6 Å². The second kappa shape index (κ2) is 6.73. The van der Waals surface area contributed by atoms with Gasteiger partial charge in [0.05, 0.1) is 17.4 Å². The molecule has 1 atom stereocenters. The predicted molar refractivity (Wildman–Crippen MR) is 78.4 cm³/mol. The highest BCUT2D eigenvalue weighted by molar-refractivity contribution is 6.29. The topological polar surface area (TPSA) is 62.5 Å². The van der Waals surface area contributed by atoms with Gasteiger partial charge in [-0.2, -0.15) is 0 Å². The van der Waals surface area contributed by atoms with E-state index in [1.54, 1.807) is 4.90 Å². The van der Waals surface area contributed by atoms with Gasteiger partial charge in [-0.3, -0.25) is 4.79 Å². The highest BCUT2D eigenvalue weighted by Crippen LogP contribution is 2.18. The second-order valence-corrected chi connectivity index (χ2v) is 5.18. The quantitative estimate of drug-likeness (QED) is 0.837. The molecule has 1 unspecified atom stereocenters. The van der Waals surface area contributed by atoms with E-state index in [0.717, 1.165) is 6.54 Å². The van der Waals surface area contributed by atoms with Crippen LogP contribution in [0.4, 0.5) is 5.69 Å². The summed E-state index contributed by atoms with van der Waals surface area (Å²) in [6, 6.07) is 1.61. The molecule has 0 bridgehead atoms. The molecule has 0 aliphatic carbocycles. The minimum absolute atomic E-state index is 0.0961. The molecule has 1 heterocycles. The fraction of sp³-hybridized carbons (Fsp3) is 0.538. The number of anilines is 1. The van der Waals surface area contributed by atoms with Crippen LogP contribution in [0.15, 0.2) is 12.3 Å². The van der Waals surface area contributed by atoms with Crippen LogP contribution in [0.5, 0.6) is 0 Å². The molecule has 0 saturated carbocycles. The van der Waals surface area contributed by atoms with E-state index in [4.69, 9.17) is 17.3 Å². The lowest BCUT2D eigenvalue weighted by atomic mass is 10.1. The summed E-state index contributed by atoms with van der Waals surface area (Å²) in [5, 5.41) is 0.272. The van der Waals surface area contributed by atoms with Crippen molar-refractivity contribution in [3.05, 3.63) is 23.0 Å². The summed E-state index contributed by atoms with van der Waals surface area (Å²) >= 11 is 5.83. The van der Waals surface area contributed by atoms with E-state index in [1.807, 2.05) is 32.8 Å². The average Bonchev–Trinajstić information content (AvgIpc) is 2.32.